The summed E-state index contributed by atoms with van der Waals surface area (Å²) in [6.45, 7) is 18.0. The van der Waals surface area contributed by atoms with Crippen molar-refractivity contribution in [3.63, 3.8) is 0 Å². The Morgan fingerprint density at radius 2 is 0.694 bits per heavy atom. The van der Waals surface area contributed by atoms with Gasteiger partial charge in [-0.3, -0.25) is 29.4 Å². The van der Waals surface area contributed by atoms with Crippen LogP contribution in [0.4, 0.5) is 0 Å². The van der Waals surface area contributed by atoms with Gasteiger partial charge in [0.05, 0.1) is 90.9 Å². The number of hydrogen-bond acceptors (Lipinski definition) is 12. The average molecular weight is 521 g/mol. The molecule has 0 radical (unpaired) electrons. The summed E-state index contributed by atoms with van der Waals surface area (Å²) < 4.78 is 11.6. The standard InChI is InChI=1S/C24H52N6O6/c1-21(31)11-27-15-25(16-28(19-27)12-22(2)32)5-7-35-9-10-36-8-6-26-17-29(13-23(3)33)20-30(18-26)14-24(4)34/h21-24,31-34H,5-20H2,1-4H3. The van der Waals surface area contributed by atoms with Gasteiger partial charge in [-0.05, 0) is 27.7 Å². The fourth-order valence-electron chi connectivity index (χ4n) is 4.91. The van der Waals surface area contributed by atoms with E-state index in [1.54, 1.807) is 27.7 Å². The molecule has 4 N–H and O–H groups in total. The van der Waals surface area contributed by atoms with E-state index in [4.69, 9.17) is 9.47 Å². The molecule has 0 aromatic carbocycles. The van der Waals surface area contributed by atoms with Gasteiger partial charge in [-0.2, -0.15) is 0 Å². The topological polar surface area (TPSA) is 119 Å². The third kappa shape index (κ3) is 13.9. The molecule has 0 bridgehead atoms. The Labute approximate surface area is 217 Å². The number of ether oxygens (including phenoxy) is 2. The van der Waals surface area contributed by atoms with E-state index >= 15 is 0 Å². The van der Waals surface area contributed by atoms with Gasteiger partial charge in [0.2, 0.25) is 0 Å². The summed E-state index contributed by atoms with van der Waals surface area (Å²) in [5.74, 6) is 0. The highest BCUT2D eigenvalue weighted by Crippen LogP contribution is 2.10. The smallest absolute Gasteiger partial charge is 0.0701 e. The van der Waals surface area contributed by atoms with E-state index in [0.717, 1.165) is 53.1 Å². The first-order chi connectivity index (χ1) is 17.1. The van der Waals surface area contributed by atoms with E-state index in [0.29, 0.717) is 52.6 Å². The van der Waals surface area contributed by atoms with Gasteiger partial charge in [0.15, 0.2) is 0 Å². The predicted octanol–water partition coefficient (Wildman–Crippen LogP) is -1.87. The van der Waals surface area contributed by atoms with Crippen LogP contribution in [0, 0.1) is 0 Å². The fourth-order valence-corrected chi connectivity index (χ4v) is 4.91. The zero-order valence-corrected chi connectivity index (χ0v) is 22.9. The quantitative estimate of drug-likeness (QED) is 0.161. The Morgan fingerprint density at radius 1 is 0.444 bits per heavy atom. The van der Waals surface area contributed by atoms with Crippen LogP contribution in [0.15, 0.2) is 0 Å². The molecule has 12 heteroatoms. The van der Waals surface area contributed by atoms with Crippen LogP contribution in [-0.4, -0.2) is 180 Å². The minimum atomic E-state index is -0.390. The van der Waals surface area contributed by atoms with Gasteiger partial charge in [-0.25, -0.2) is 0 Å². The molecule has 0 aromatic heterocycles. The maximum absolute atomic E-state index is 9.76. The summed E-state index contributed by atoms with van der Waals surface area (Å²) in [6.07, 6.45) is -1.56. The van der Waals surface area contributed by atoms with Crippen molar-refractivity contribution in [2.75, 3.05) is 106 Å². The Morgan fingerprint density at radius 3 is 0.944 bits per heavy atom. The molecule has 0 spiro atoms. The Hall–Kier alpha value is -0.480. The van der Waals surface area contributed by atoms with E-state index in [1.807, 2.05) is 0 Å². The second-order valence-electron chi connectivity index (χ2n) is 10.7. The number of aliphatic hydroxyl groups excluding tert-OH is 4. The monoisotopic (exact) mass is 520 g/mol. The number of β-amino-alcohol motifs (C(OH)–C–C–N with tert-alkyl or cyclic N) is 4. The van der Waals surface area contributed by atoms with Crippen LogP contribution in [0.25, 0.3) is 0 Å². The molecule has 0 amide bonds. The van der Waals surface area contributed by atoms with Crippen molar-refractivity contribution in [1.29, 1.82) is 0 Å². The molecule has 2 fully saturated rings. The molecule has 214 valence electrons. The van der Waals surface area contributed by atoms with Crippen molar-refractivity contribution in [3.8, 4) is 0 Å². The summed E-state index contributed by atoms with van der Waals surface area (Å²) in [7, 11) is 0. The average Bonchev–Trinajstić information content (AvgIpc) is 2.73. The van der Waals surface area contributed by atoms with Crippen molar-refractivity contribution >= 4 is 0 Å². The van der Waals surface area contributed by atoms with E-state index in [-0.39, 0.29) is 24.4 Å². The van der Waals surface area contributed by atoms with Crippen LogP contribution in [0.5, 0.6) is 0 Å². The third-order valence-corrected chi connectivity index (χ3v) is 5.97. The lowest BCUT2D eigenvalue weighted by atomic mass is 10.3. The minimum absolute atomic E-state index is 0.390. The van der Waals surface area contributed by atoms with Gasteiger partial charge < -0.3 is 29.9 Å². The van der Waals surface area contributed by atoms with Crippen LogP contribution < -0.4 is 0 Å². The first-order valence-corrected chi connectivity index (χ1v) is 13.3. The number of hydrogen-bond donors (Lipinski definition) is 4. The van der Waals surface area contributed by atoms with Crippen LogP contribution in [0.2, 0.25) is 0 Å². The first kappa shape index (κ1) is 31.7. The maximum Gasteiger partial charge on any atom is 0.0701 e. The molecule has 4 atom stereocenters. The molecule has 36 heavy (non-hydrogen) atoms. The molecule has 2 aliphatic rings. The maximum atomic E-state index is 9.76. The zero-order valence-electron chi connectivity index (χ0n) is 22.9. The van der Waals surface area contributed by atoms with Crippen molar-refractivity contribution in [2.45, 2.75) is 52.1 Å². The first-order valence-electron chi connectivity index (χ1n) is 13.3. The molecule has 0 saturated carbocycles. The lowest BCUT2D eigenvalue weighted by Crippen LogP contribution is -2.57. The van der Waals surface area contributed by atoms with E-state index in [2.05, 4.69) is 29.4 Å². The summed E-state index contributed by atoms with van der Waals surface area (Å²) in [6, 6.07) is 0. The van der Waals surface area contributed by atoms with Crippen LogP contribution >= 0.6 is 0 Å². The lowest BCUT2D eigenvalue weighted by Gasteiger charge is -2.43. The van der Waals surface area contributed by atoms with E-state index in [1.165, 1.54) is 0 Å². The Kier molecular flexibility index (Phi) is 15.1. The van der Waals surface area contributed by atoms with Crippen LogP contribution in [0.3, 0.4) is 0 Å². The fraction of sp³-hybridized carbons (Fsp3) is 1.00. The van der Waals surface area contributed by atoms with Crippen molar-refractivity contribution in [1.82, 2.24) is 29.4 Å². The summed E-state index contributed by atoms with van der Waals surface area (Å²) in [4.78, 5) is 13.3. The van der Waals surface area contributed by atoms with Crippen LogP contribution in [-0.2, 0) is 9.47 Å². The minimum Gasteiger partial charge on any atom is -0.392 e. The second-order valence-corrected chi connectivity index (χ2v) is 10.7. The van der Waals surface area contributed by atoms with Crippen molar-refractivity contribution in [2.24, 2.45) is 0 Å². The van der Waals surface area contributed by atoms with Gasteiger partial charge in [0.1, 0.15) is 0 Å². The summed E-state index contributed by atoms with van der Waals surface area (Å²) >= 11 is 0. The SMILES string of the molecule is CC(O)CN1CN(CCOCCOCCN2CN(CC(C)O)CN(CC(C)O)C2)CN(CC(C)O)C1. The molecule has 0 aliphatic carbocycles. The highest BCUT2D eigenvalue weighted by atomic mass is 16.5. The van der Waals surface area contributed by atoms with Crippen molar-refractivity contribution in [3.05, 3.63) is 0 Å². The number of nitrogens with zero attached hydrogens (tertiary/aromatic N) is 6. The Bertz CT molecular complexity index is 489. The zero-order chi connectivity index (χ0) is 26.5. The third-order valence-electron chi connectivity index (χ3n) is 5.97. The number of rotatable bonds is 17. The molecule has 2 rings (SSSR count). The molecular formula is C24H52N6O6. The van der Waals surface area contributed by atoms with Gasteiger partial charge >= 0.3 is 0 Å². The molecule has 2 heterocycles. The molecule has 4 unspecified atom stereocenters. The molecule has 2 saturated heterocycles. The second kappa shape index (κ2) is 17.2. The molecular weight excluding hydrogens is 468 g/mol. The van der Waals surface area contributed by atoms with Gasteiger partial charge in [0, 0.05) is 39.3 Å². The van der Waals surface area contributed by atoms with Gasteiger partial charge in [0.25, 0.3) is 0 Å². The number of aliphatic hydroxyl groups is 4. The van der Waals surface area contributed by atoms with Gasteiger partial charge in [-0.1, -0.05) is 0 Å². The summed E-state index contributed by atoms with van der Waals surface area (Å²) in [5.41, 5.74) is 0. The highest BCUT2D eigenvalue weighted by Gasteiger charge is 2.26. The van der Waals surface area contributed by atoms with Crippen LogP contribution in [0.1, 0.15) is 27.7 Å². The molecule has 2 aliphatic heterocycles. The van der Waals surface area contributed by atoms with Crippen molar-refractivity contribution < 1.29 is 29.9 Å². The lowest BCUT2D eigenvalue weighted by molar-refractivity contribution is -0.0698. The Balaban J connectivity index is 1.60. The largest absolute Gasteiger partial charge is 0.392 e. The summed E-state index contributed by atoms with van der Waals surface area (Å²) in [5, 5.41) is 39.0. The highest BCUT2D eigenvalue weighted by molar-refractivity contribution is 4.73. The predicted molar refractivity (Wildman–Crippen MR) is 138 cm³/mol. The van der Waals surface area contributed by atoms with E-state index < -0.39 is 0 Å². The van der Waals surface area contributed by atoms with Gasteiger partial charge in [-0.15, -0.1) is 0 Å². The molecule has 12 nitrogen and oxygen atoms in total. The normalized spacial score (nSPS) is 23.7. The van der Waals surface area contributed by atoms with E-state index in [9.17, 15) is 20.4 Å². The molecule has 0 aromatic rings.